The predicted octanol–water partition coefficient (Wildman–Crippen LogP) is 2.49. The number of cyclic esters (lactones) is 1. The molecule has 0 spiro atoms. The van der Waals surface area contributed by atoms with Crippen molar-refractivity contribution in [2.75, 3.05) is 19.6 Å². The van der Waals surface area contributed by atoms with Gasteiger partial charge in [-0.2, -0.15) is 0 Å². The summed E-state index contributed by atoms with van der Waals surface area (Å²) in [4.78, 5) is 42.8. The van der Waals surface area contributed by atoms with Gasteiger partial charge in [-0.1, -0.05) is 6.92 Å². The van der Waals surface area contributed by atoms with Crippen LogP contribution in [0, 0.1) is 11.7 Å². The number of β-amino-alcohol motifs (C(OH)–C–C–N with tert-alkyl or cyclic N) is 1. The Bertz CT molecular complexity index is 1790. The van der Waals surface area contributed by atoms with Crippen LogP contribution in [0.25, 0.3) is 22.2 Å². The number of aromatic nitrogens is 2. The van der Waals surface area contributed by atoms with E-state index in [9.17, 15) is 24.6 Å². The predicted molar refractivity (Wildman–Crippen MR) is 147 cm³/mol. The number of aliphatic hydroxyl groups is 2. The second-order valence-electron chi connectivity index (χ2n) is 12.6. The summed E-state index contributed by atoms with van der Waals surface area (Å²) in [5.41, 5.74) is -0.221. The van der Waals surface area contributed by atoms with E-state index in [0.29, 0.717) is 41.5 Å². The van der Waals surface area contributed by atoms with Crippen molar-refractivity contribution in [3.8, 4) is 11.3 Å². The van der Waals surface area contributed by atoms with Crippen molar-refractivity contribution in [1.82, 2.24) is 14.0 Å². The number of rotatable bonds is 5. The monoisotopic (exact) mass is 561 g/mol. The van der Waals surface area contributed by atoms with Crippen molar-refractivity contribution in [2.24, 2.45) is 5.92 Å². The Balaban J connectivity index is 1.39. The third-order valence-electron chi connectivity index (χ3n) is 9.93. The van der Waals surface area contributed by atoms with Crippen LogP contribution in [0.15, 0.2) is 27.8 Å². The van der Waals surface area contributed by atoms with Gasteiger partial charge >= 0.3 is 5.97 Å². The molecule has 41 heavy (non-hydrogen) atoms. The summed E-state index contributed by atoms with van der Waals surface area (Å²) in [5.74, 6) is -0.489. The number of hydrogen-bond acceptors (Lipinski definition) is 7. The third-order valence-corrected chi connectivity index (χ3v) is 9.93. The lowest BCUT2D eigenvalue weighted by molar-refractivity contribution is -0.172. The first-order valence-electron chi connectivity index (χ1n) is 14.7. The van der Waals surface area contributed by atoms with Gasteiger partial charge in [0, 0.05) is 30.6 Å². The van der Waals surface area contributed by atoms with Crippen LogP contribution in [-0.2, 0) is 28.3 Å². The fraction of sp³-hybridized carbons (Fsp3) is 0.516. The average molecular weight is 562 g/mol. The number of carbonyl (C=O) groups excluding carboxylic acids is 1. The Morgan fingerprint density at radius 2 is 1.88 bits per heavy atom. The van der Waals surface area contributed by atoms with Gasteiger partial charge < -0.3 is 24.1 Å². The minimum absolute atomic E-state index is 0.00319. The molecule has 0 unspecified atom stereocenters. The maximum Gasteiger partial charge on any atom is 0.343 e. The first-order chi connectivity index (χ1) is 19.7. The van der Waals surface area contributed by atoms with Crippen molar-refractivity contribution >= 4 is 16.9 Å². The molecule has 3 fully saturated rings. The molecule has 2 N–H and O–H groups in total. The lowest BCUT2D eigenvalue weighted by Gasteiger charge is -2.31. The molecule has 3 aliphatic heterocycles. The minimum Gasteiger partial charge on any atom is -0.458 e. The zero-order valence-corrected chi connectivity index (χ0v) is 22.9. The highest BCUT2D eigenvalue weighted by molar-refractivity contribution is 5.88. The van der Waals surface area contributed by atoms with Gasteiger partial charge in [0.25, 0.3) is 5.56 Å². The van der Waals surface area contributed by atoms with Crippen LogP contribution in [0.1, 0.15) is 73.4 Å². The molecule has 9 nitrogen and oxygen atoms in total. The fourth-order valence-corrected chi connectivity index (χ4v) is 7.32. The number of esters is 1. The maximum atomic E-state index is 15.4. The molecule has 0 radical (unpaired) electrons. The van der Waals surface area contributed by atoms with Gasteiger partial charge in [-0.3, -0.25) is 14.5 Å². The summed E-state index contributed by atoms with van der Waals surface area (Å²) in [5, 5.41) is 22.8. The Kier molecular flexibility index (Phi) is 5.32. The Hall–Kier alpha value is -3.34. The van der Waals surface area contributed by atoms with Gasteiger partial charge in [-0.15, -0.1) is 0 Å². The van der Waals surface area contributed by atoms with Gasteiger partial charge in [0.2, 0.25) is 0 Å². The molecule has 5 aliphatic rings. The first kappa shape index (κ1) is 25.4. The van der Waals surface area contributed by atoms with Crippen LogP contribution in [0.2, 0.25) is 0 Å². The quantitative estimate of drug-likeness (QED) is 0.360. The summed E-state index contributed by atoms with van der Waals surface area (Å²) < 4.78 is 24.0. The zero-order chi connectivity index (χ0) is 28.4. The van der Waals surface area contributed by atoms with Gasteiger partial charge in [-0.25, -0.2) is 9.18 Å². The molecular formula is C31H32FN3O6. The average Bonchev–Trinajstić information content (AvgIpc) is 3.88. The Morgan fingerprint density at radius 1 is 1.10 bits per heavy atom. The minimum atomic E-state index is -2.00. The topological polar surface area (TPSA) is 114 Å². The van der Waals surface area contributed by atoms with E-state index in [-0.39, 0.29) is 53.6 Å². The SMILES string of the molecule is CC[C@@]1(O)C(=O)OCc2c1cc1n(c2=O)Cc2c-1c(=O)c1cc(F)c(C3CC3)cc1n2[C@H]1CN(CC2CC2)C[C@@H]1O. The van der Waals surface area contributed by atoms with Gasteiger partial charge in [0.05, 0.1) is 46.7 Å². The smallest absolute Gasteiger partial charge is 0.343 e. The number of likely N-dealkylation sites (tertiary alicyclic amines) is 1. The summed E-state index contributed by atoms with van der Waals surface area (Å²) in [6.07, 6.45) is 3.46. The third kappa shape index (κ3) is 3.60. The van der Waals surface area contributed by atoms with Gasteiger partial charge in [-0.05, 0) is 67.7 Å². The highest BCUT2D eigenvalue weighted by atomic mass is 19.1. The number of halogens is 1. The molecular weight excluding hydrogens is 529 g/mol. The molecule has 8 rings (SSSR count). The summed E-state index contributed by atoms with van der Waals surface area (Å²) in [7, 11) is 0. The molecule has 3 atom stereocenters. The number of nitrogens with zero attached hydrogens (tertiary/aromatic N) is 3. The zero-order valence-electron chi connectivity index (χ0n) is 22.9. The van der Waals surface area contributed by atoms with Crippen molar-refractivity contribution in [1.29, 1.82) is 0 Å². The van der Waals surface area contributed by atoms with E-state index >= 15 is 4.39 Å². The molecule has 3 aromatic rings. The molecule has 1 aromatic carbocycles. The molecule has 2 saturated carbocycles. The highest BCUT2D eigenvalue weighted by Gasteiger charge is 2.46. The molecule has 2 aliphatic carbocycles. The highest BCUT2D eigenvalue weighted by Crippen LogP contribution is 2.44. The Labute approximate surface area is 234 Å². The van der Waals surface area contributed by atoms with Crippen LogP contribution in [-0.4, -0.2) is 56.0 Å². The van der Waals surface area contributed by atoms with Gasteiger partial charge in [0.15, 0.2) is 11.0 Å². The number of benzene rings is 1. The Morgan fingerprint density at radius 3 is 2.59 bits per heavy atom. The maximum absolute atomic E-state index is 15.4. The molecule has 1 saturated heterocycles. The molecule has 2 aromatic heterocycles. The molecule has 0 amide bonds. The van der Waals surface area contributed by atoms with E-state index in [1.807, 2.05) is 4.57 Å². The van der Waals surface area contributed by atoms with Crippen molar-refractivity contribution in [3.05, 3.63) is 67.0 Å². The summed E-state index contributed by atoms with van der Waals surface area (Å²) in [6, 6.07) is 4.26. The van der Waals surface area contributed by atoms with Crippen LogP contribution in [0.5, 0.6) is 0 Å². The number of carbonyl (C=O) groups is 1. The first-order valence-corrected chi connectivity index (χ1v) is 14.7. The molecule has 5 heterocycles. The van der Waals surface area contributed by atoms with E-state index in [1.54, 1.807) is 19.1 Å². The van der Waals surface area contributed by atoms with Crippen LogP contribution in [0.3, 0.4) is 0 Å². The molecule has 10 heteroatoms. The standard InChI is InChI=1S/C31H32FN3O6/c1-2-31(40)20-9-23-27-25(12-34(23)29(38)19(20)14-41-30(31)39)35(24-11-33(13-26(24)36)10-15-3-4-15)22-8-17(16-5-6-16)21(32)7-18(22)28(27)37/h7-9,15-16,24,26,36,40H,2-6,10-14H2,1H3/t24-,26-,31-/m0/s1. The van der Waals surface area contributed by atoms with Gasteiger partial charge in [0.1, 0.15) is 12.4 Å². The molecule has 214 valence electrons. The van der Waals surface area contributed by atoms with E-state index < -0.39 is 34.5 Å². The number of fused-ring (bicyclic) bond motifs is 5. The second-order valence-corrected chi connectivity index (χ2v) is 12.6. The molecule has 0 bridgehead atoms. The lowest BCUT2D eigenvalue weighted by atomic mass is 9.85. The number of aliphatic hydroxyl groups excluding tert-OH is 1. The van der Waals surface area contributed by atoms with E-state index in [0.717, 1.165) is 19.4 Å². The van der Waals surface area contributed by atoms with Crippen LogP contribution in [0.4, 0.5) is 4.39 Å². The van der Waals surface area contributed by atoms with Crippen LogP contribution < -0.4 is 11.0 Å². The van der Waals surface area contributed by atoms with Crippen molar-refractivity contribution in [3.63, 3.8) is 0 Å². The fourth-order valence-electron chi connectivity index (χ4n) is 7.32. The normalized spacial score (nSPS) is 27.2. The van der Waals surface area contributed by atoms with Crippen LogP contribution >= 0.6 is 0 Å². The van der Waals surface area contributed by atoms with Crippen molar-refractivity contribution in [2.45, 2.75) is 75.8 Å². The van der Waals surface area contributed by atoms with E-state index in [2.05, 4.69) is 4.90 Å². The number of hydrogen-bond donors (Lipinski definition) is 2. The lowest BCUT2D eigenvalue weighted by Crippen LogP contribution is -2.44. The number of pyridine rings is 2. The van der Waals surface area contributed by atoms with Crippen molar-refractivity contribution < 1.29 is 24.1 Å². The van der Waals surface area contributed by atoms with E-state index in [1.165, 1.54) is 23.5 Å². The summed E-state index contributed by atoms with van der Waals surface area (Å²) in [6.45, 7) is 3.45. The summed E-state index contributed by atoms with van der Waals surface area (Å²) >= 11 is 0. The largest absolute Gasteiger partial charge is 0.458 e. The second kappa shape index (κ2) is 8.59. The number of ether oxygens (including phenoxy) is 1. The van der Waals surface area contributed by atoms with E-state index in [4.69, 9.17) is 4.74 Å².